The van der Waals surface area contributed by atoms with Gasteiger partial charge in [0, 0.05) is 4.48 Å². The van der Waals surface area contributed by atoms with Crippen molar-refractivity contribution in [1.82, 2.24) is 0 Å². The van der Waals surface area contributed by atoms with Gasteiger partial charge in [0.2, 0.25) is 0 Å². The molecule has 52 valence electrons. The zero-order chi connectivity index (χ0) is 7.44. The lowest BCUT2D eigenvalue weighted by molar-refractivity contribution is 0.641. The minimum Gasteiger partial charge on any atom is -0.397 e. The maximum Gasteiger partial charge on any atom is 0.155 e. The molecule has 9 heavy (non-hydrogen) atoms. The molecule has 0 aliphatic carbocycles. The first-order chi connectivity index (χ1) is 4.09. The van der Waals surface area contributed by atoms with Crippen LogP contribution < -0.4 is 5.73 Å². The van der Waals surface area contributed by atoms with E-state index >= 15 is 0 Å². The molecule has 0 aromatic heterocycles. The van der Waals surface area contributed by atoms with Crippen molar-refractivity contribution in [3.05, 3.63) is 22.6 Å². The van der Waals surface area contributed by atoms with Gasteiger partial charge in [0.15, 0.2) is 5.83 Å². The molecule has 0 aliphatic heterocycles. The number of allylic oxidation sites excluding steroid dienone is 2. The van der Waals surface area contributed by atoms with Gasteiger partial charge >= 0.3 is 0 Å². The molecular formula is C6H9BrFN. The molecule has 0 aromatic rings. The summed E-state index contributed by atoms with van der Waals surface area (Å²) in [7, 11) is 0. The second-order valence-corrected chi connectivity index (χ2v) is 2.55. The number of hydrogen-bond acceptors (Lipinski definition) is 1. The fourth-order valence-corrected chi connectivity index (χ4v) is 0.584. The Labute approximate surface area is 62.6 Å². The fourth-order valence-electron chi connectivity index (χ4n) is 0.329. The number of rotatable bonds is 2. The van der Waals surface area contributed by atoms with Crippen LogP contribution in [0.2, 0.25) is 0 Å². The largest absolute Gasteiger partial charge is 0.397 e. The predicted octanol–water partition coefficient (Wildman–Crippen LogP) is 2.44. The maximum absolute atomic E-state index is 12.5. The van der Waals surface area contributed by atoms with Gasteiger partial charge in [0.25, 0.3) is 0 Å². The van der Waals surface area contributed by atoms with Crippen molar-refractivity contribution in [2.45, 2.75) is 13.3 Å². The molecule has 0 unspecified atom stereocenters. The van der Waals surface area contributed by atoms with Gasteiger partial charge in [-0.25, -0.2) is 4.39 Å². The lowest BCUT2D eigenvalue weighted by Crippen LogP contribution is -1.95. The average molecular weight is 194 g/mol. The van der Waals surface area contributed by atoms with Crippen LogP contribution >= 0.6 is 15.9 Å². The highest BCUT2D eigenvalue weighted by molar-refractivity contribution is 9.11. The third kappa shape index (κ3) is 2.65. The van der Waals surface area contributed by atoms with E-state index in [0.717, 1.165) is 0 Å². The Morgan fingerprint density at radius 2 is 2.22 bits per heavy atom. The molecule has 0 bridgehead atoms. The summed E-state index contributed by atoms with van der Waals surface area (Å²) in [5, 5.41) is 0. The van der Waals surface area contributed by atoms with Crippen molar-refractivity contribution >= 4 is 15.9 Å². The minimum atomic E-state index is -0.447. The quantitative estimate of drug-likeness (QED) is 0.671. The Balaban J connectivity index is 4.28. The van der Waals surface area contributed by atoms with Gasteiger partial charge in [-0.2, -0.15) is 0 Å². The van der Waals surface area contributed by atoms with Crippen molar-refractivity contribution in [1.29, 1.82) is 0 Å². The molecule has 1 nitrogen and oxygen atoms in total. The van der Waals surface area contributed by atoms with Crippen LogP contribution in [0.15, 0.2) is 22.6 Å². The van der Waals surface area contributed by atoms with E-state index in [-0.39, 0.29) is 5.70 Å². The summed E-state index contributed by atoms with van der Waals surface area (Å²) in [6, 6.07) is 0. The second-order valence-electron chi connectivity index (χ2n) is 1.60. The third-order valence-corrected chi connectivity index (χ3v) is 1.74. The summed E-state index contributed by atoms with van der Waals surface area (Å²) in [4.78, 5) is 0. The van der Waals surface area contributed by atoms with Gasteiger partial charge in [-0.15, -0.1) is 0 Å². The predicted molar refractivity (Wildman–Crippen MR) is 40.7 cm³/mol. The number of hydrogen-bond donors (Lipinski definition) is 1. The van der Waals surface area contributed by atoms with Crippen LogP contribution in [-0.2, 0) is 0 Å². The molecule has 0 saturated heterocycles. The molecule has 0 radical (unpaired) electrons. The average Bonchev–Trinajstić information content (AvgIpc) is 1.84. The lowest BCUT2D eigenvalue weighted by atomic mass is 10.3. The normalized spacial score (nSPS) is 12.8. The van der Waals surface area contributed by atoms with Gasteiger partial charge in [-0.3, -0.25) is 0 Å². The van der Waals surface area contributed by atoms with Gasteiger partial charge in [-0.05, 0) is 6.42 Å². The van der Waals surface area contributed by atoms with E-state index in [4.69, 9.17) is 5.73 Å². The standard InChI is InChI=1S/C6H9BrFN/c1-3-5(7)6(8)4(2)9/h2-3,9H2,1H3/b6-5-. The molecule has 0 rings (SSSR count). The number of nitrogens with two attached hydrogens (primary N) is 1. The fraction of sp³-hybridized carbons (Fsp3) is 0.333. The Morgan fingerprint density at radius 1 is 1.78 bits per heavy atom. The van der Waals surface area contributed by atoms with Crippen LogP contribution in [0.3, 0.4) is 0 Å². The van der Waals surface area contributed by atoms with Crippen LogP contribution in [-0.4, -0.2) is 0 Å². The Kier molecular flexibility index (Phi) is 3.54. The lowest BCUT2D eigenvalue weighted by Gasteiger charge is -1.96. The van der Waals surface area contributed by atoms with Crippen LogP contribution in [0, 0.1) is 0 Å². The smallest absolute Gasteiger partial charge is 0.155 e. The Morgan fingerprint density at radius 3 is 2.33 bits per heavy atom. The number of halogens is 2. The van der Waals surface area contributed by atoms with E-state index in [1.54, 1.807) is 0 Å². The summed E-state index contributed by atoms with van der Waals surface area (Å²) in [5.41, 5.74) is 5.03. The molecule has 0 aliphatic rings. The molecule has 2 N–H and O–H groups in total. The van der Waals surface area contributed by atoms with Crippen LogP contribution in [0.25, 0.3) is 0 Å². The molecule has 0 spiro atoms. The van der Waals surface area contributed by atoms with Gasteiger partial charge < -0.3 is 5.73 Å². The van der Waals surface area contributed by atoms with E-state index in [9.17, 15) is 4.39 Å². The van der Waals surface area contributed by atoms with Gasteiger partial charge in [0.05, 0.1) is 5.70 Å². The molecule has 3 heteroatoms. The minimum absolute atomic E-state index is 0.0243. The molecule has 0 amide bonds. The zero-order valence-corrected chi connectivity index (χ0v) is 6.83. The summed E-state index contributed by atoms with van der Waals surface area (Å²) >= 11 is 3.01. The highest BCUT2D eigenvalue weighted by Crippen LogP contribution is 2.19. The highest BCUT2D eigenvalue weighted by atomic mass is 79.9. The van der Waals surface area contributed by atoms with Crippen LogP contribution in [0.5, 0.6) is 0 Å². The van der Waals surface area contributed by atoms with E-state index < -0.39 is 5.83 Å². The van der Waals surface area contributed by atoms with Gasteiger partial charge in [-0.1, -0.05) is 29.4 Å². The third-order valence-electron chi connectivity index (χ3n) is 0.830. The van der Waals surface area contributed by atoms with Crippen LogP contribution in [0.4, 0.5) is 4.39 Å². The first-order valence-electron chi connectivity index (χ1n) is 2.58. The van der Waals surface area contributed by atoms with Crippen LogP contribution in [0.1, 0.15) is 13.3 Å². The first kappa shape index (κ1) is 8.69. The summed E-state index contributed by atoms with van der Waals surface area (Å²) < 4.78 is 13.0. The monoisotopic (exact) mass is 193 g/mol. The summed E-state index contributed by atoms with van der Waals surface area (Å²) in [6.45, 7) is 5.06. The summed E-state index contributed by atoms with van der Waals surface area (Å²) in [6.07, 6.45) is 0.599. The van der Waals surface area contributed by atoms with E-state index in [1.165, 1.54) is 0 Å². The van der Waals surface area contributed by atoms with E-state index in [0.29, 0.717) is 10.9 Å². The molecule has 0 aromatic carbocycles. The van der Waals surface area contributed by atoms with Crippen molar-refractivity contribution in [2.24, 2.45) is 5.73 Å². The maximum atomic E-state index is 12.5. The van der Waals surface area contributed by atoms with E-state index in [1.807, 2.05) is 6.92 Å². The van der Waals surface area contributed by atoms with Crippen molar-refractivity contribution < 1.29 is 4.39 Å². The summed E-state index contributed by atoms with van der Waals surface area (Å²) in [5.74, 6) is -0.447. The molecule has 0 saturated carbocycles. The van der Waals surface area contributed by atoms with Crippen molar-refractivity contribution in [2.75, 3.05) is 0 Å². The first-order valence-corrected chi connectivity index (χ1v) is 3.37. The Bertz CT molecular complexity index is 151. The molecular weight excluding hydrogens is 185 g/mol. The SMILES string of the molecule is C=C(N)/C(F)=C(/Br)CC. The zero-order valence-electron chi connectivity index (χ0n) is 5.25. The van der Waals surface area contributed by atoms with Crippen molar-refractivity contribution in [3.8, 4) is 0 Å². The topological polar surface area (TPSA) is 26.0 Å². The van der Waals surface area contributed by atoms with Gasteiger partial charge in [0.1, 0.15) is 0 Å². The molecule has 0 heterocycles. The van der Waals surface area contributed by atoms with Crippen molar-refractivity contribution in [3.63, 3.8) is 0 Å². The molecule has 0 atom stereocenters. The van der Waals surface area contributed by atoms with E-state index in [2.05, 4.69) is 22.5 Å². The second kappa shape index (κ2) is 3.67. The Hall–Kier alpha value is -0.310. The highest BCUT2D eigenvalue weighted by Gasteiger charge is 2.00. The molecule has 0 fully saturated rings.